The normalized spacial score (nSPS) is 14.2. The molecule has 3 aromatic rings. The van der Waals surface area contributed by atoms with E-state index in [-0.39, 0.29) is 5.75 Å². The van der Waals surface area contributed by atoms with Gasteiger partial charge < -0.3 is 14.8 Å². The van der Waals surface area contributed by atoms with E-state index in [0.29, 0.717) is 17.5 Å². The first kappa shape index (κ1) is 13.3. The molecule has 0 spiro atoms. The number of fused-ring (bicyclic) bond motifs is 1. The van der Waals surface area contributed by atoms with E-state index in [1.54, 1.807) is 24.6 Å². The van der Waals surface area contributed by atoms with Gasteiger partial charge in [-0.25, -0.2) is 9.98 Å². The Morgan fingerprint density at radius 3 is 2.83 bits per heavy atom. The highest BCUT2D eigenvalue weighted by molar-refractivity contribution is 6.20. The van der Waals surface area contributed by atoms with Crippen LogP contribution in [0.3, 0.4) is 0 Å². The van der Waals surface area contributed by atoms with Crippen molar-refractivity contribution in [3.05, 3.63) is 66.1 Å². The highest BCUT2D eigenvalue weighted by Gasteiger charge is 2.15. The molecule has 0 bridgehead atoms. The fraction of sp³-hybridized carbons (Fsp3) is 0. The van der Waals surface area contributed by atoms with Gasteiger partial charge in [0.15, 0.2) is 17.3 Å². The molecule has 1 aliphatic rings. The predicted octanol–water partition coefficient (Wildman–Crippen LogP) is 4.38. The highest BCUT2D eigenvalue weighted by atomic mass is 16.4. The number of furan rings is 1. The second-order valence-electron chi connectivity index (χ2n) is 5.08. The first-order valence-electron chi connectivity index (χ1n) is 7.15. The summed E-state index contributed by atoms with van der Waals surface area (Å²) in [6.45, 7) is 0. The molecule has 5 heteroatoms. The van der Waals surface area contributed by atoms with Crippen molar-refractivity contribution in [2.24, 2.45) is 4.99 Å². The molecule has 0 saturated carbocycles. The van der Waals surface area contributed by atoms with Gasteiger partial charge in [0, 0.05) is 35.3 Å². The Bertz CT molecular complexity index is 911. The number of aromatic hydroxyl groups is 1. The van der Waals surface area contributed by atoms with Crippen LogP contribution in [0.5, 0.6) is 5.75 Å². The minimum atomic E-state index is 0.0710. The monoisotopic (exact) mass is 303 g/mol. The fourth-order valence-electron chi connectivity index (χ4n) is 2.41. The lowest BCUT2D eigenvalue weighted by molar-refractivity contribution is 0.456. The summed E-state index contributed by atoms with van der Waals surface area (Å²) in [4.78, 5) is 8.43. The van der Waals surface area contributed by atoms with Crippen LogP contribution in [0.15, 0.2) is 64.1 Å². The fourth-order valence-corrected chi connectivity index (χ4v) is 2.41. The number of hydrogen-bond acceptors (Lipinski definition) is 5. The molecule has 0 amide bonds. The van der Waals surface area contributed by atoms with Crippen molar-refractivity contribution in [1.29, 1.82) is 0 Å². The Balaban J connectivity index is 1.64. The maximum absolute atomic E-state index is 10.1. The average molecular weight is 303 g/mol. The van der Waals surface area contributed by atoms with Crippen LogP contribution in [0.2, 0.25) is 0 Å². The van der Waals surface area contributed by atoms with Crippen LogP contribution in [0.4, 0.5) is 17.4 Å². The number of nitrogens with zero attached hydrogens (tertiary/aromatic N) is 2. The molecule has 1 aliphatic heterocycles. The van der Waals surface area contributed by atoms with Gasteiger partial charge in [-0.3, -0.25) is 0 Å². The van der Waals surface area contributed by atoms with Crippen molar-refractivity contribution in [2.45, 2.75) is 0 Å². The minimum Gasteiger partial charge on any atom is -0.504 e. The van der Waals surface area contributed by atoms with E-state index >= 15 is 0 Å². The molecule has 0 fully saturated rings. The zero-order valence-electron chi connectivity index (χ0n) is 12.1. The van der Waals surface area contributed by atoms with Crippen molar-refractivity contribution in [1.82, 2.24) is 4.98 Å². The van der Waals surface area contributed by atoms with Crippen LogP contribution in [0.25, 0.3) is 11.6 Å². The lowest BCUT2D eigenvalue weighted by Crippen LogP contribution is -1.86. The molecular weight excluding hydrogens is 290 g/mol. The number of benzene rings is 1. The van der Waals surface area contributed by atoms with Gasteiger partial charge in [-0.15, -0.1) is 0 Å². The topological polar surface area (TPSA) is 70.7 Å². The molecule has 0 radical (unpaired) electrons. The quantitative estimate of drug-likeness (QED) is 0.753. The number of anilines is 2. The maximum atomic E-state index is 10.1. The highest BCUT2D eigenvalue weighted by Crippen LogP contribution is 2.34. The van der Waals surface area contributed by atoms with Crippen molar-refractivity contribution >= 4 is 35.3 Å². The standard InChI is InChI=1S/C18H13N3O2/c22-15-10-17(21-13-5-2-1-3-6-13)23-16(15)9-12-11-20-18-14(12)7-4-8-19-18/h1-11,21-22H. The SMILES string of the molecule is Oc1cc(Nc2ccccc2)oc1C=C1C=Nc2ncccc21. The molecule has 2 N–H and O–H groups in total. The number of rotatable bonds is 3. The van der Waals surface area contributed by atoms with Gasteiger partial charge in [0.2, 0.25) is 5.88 Å². The summed E-state index contributed by atoms with van der Waals surface area (Å²) in [6.07, 6.45) is 5.16. The third kappa shape index (κ3) is 2.60. The van der Waals surface area contributed by atoms with Gasteiger partial charge in [0.25, 0.3) is 0 Å². The van der Waals surface area contributed by atoms with E-state index in [4.69, 9.17) is 4.42 Å². The average Bonchev–Trinajstić information content (AvgIpc) is 3.13. The summed E-state index contributed by atoms with van der Waals surface area (Å²) in [5.74, 6) is 1.59. The largest absolute Gasteiger partial charge is 0.504 e. The molecule has 4 rings (SSSR count). The lowest BCUT2D eigenvalue weighted by atomic mass is 10.1. The maximum Gasteiger partial charge on any atom is 0.201 e. The first-order valence-corrected chi connectivity index (χ1v) is 7.15. The molecule has 1 aromatic carbocycles. The number of pyridine rings is 1. The molecule has 5 nitrogen and oxygen atoms in total. The van der Waals surface area contributed by atoms with Gasteiger partial charge in [0.05, 0.1) is 0 Å². The molecular formula is C18H13N3O2. The van der Waals surface area contributed by atoms with Gasteiger partial charge in [0.1, 0.15) is 0 Å². The Hall–Kier alpha value is -3.34. The predicted molar refractivity (Wildman–Crippen MR) is 90.4 cm³/mol. The second-order valence-corrected chi connectivity index (χ2v) is 5.08. The second kappa shape index (κ2) is 5.46. The number of hydrogen-bond donors (Lipinski definition) is 2. The van der Waals surface area contributed by atoms with Crippen LogP contribution in [0, 0.1) is 0 Å². The van der Waals surface area contributed by atoms with Crippen LogP contribution in [-0.4, -0.2) is 16.3 Å². The molecule has 0 atom stereocenters. The molecule has 0 saturated heterocycles. The van der Waals surface area contributed by atoms with Gasteiger partial charge >= 0.3 is 0 Å². The van der Waals surface area contributed by atoms with Crippen LogP contribution in [0.1, 0.15) is 11.3 Å². The molecule has 2 aromatic heterocycles. The van der Waals surface area contributed by atoms with Gasteiger partial charge in [-0.1, -0.05) is 18.2 Å². The van der Waals surface area contributed by atoms with E-state index < -0.39 is 0 Å². The van der Waals surface area contributed by atoms with E-state index in [1.807, 2.05) is 42.5 Å². The summed E-state index contributed by atoms with van der Waals surface area (Å²) in [6, 6.07) is 15.0. The van der Waals surface area contributed by atoms with Crippen LogP contribution < -0.4 is 5.32 Å². The molecule has 3 heterocycles. The molecule has 0 unspecified atom stereocenters. The van der Waals surface area contributed by atoms with Crippen molar-refractivity contribution in [2.75, 3.05) is 5.32 Å². The zero-order chi connectivity index (χ0) is 15.6. The summed E-state index contributed by atoms with van der Waals surface area (Å²) in [7, 11) is 0. The van der Waals surface area contributed by atoms with E-state index in [9.17, 15) is 5.11 Å². The summed E-state index contributed by atoms with van der Waals surface area (Å²) < 4.78 is 5.68. The molecule has 0 aliphatic carbocycles. The van der Waals surface area contributed by atoms with Crippen LogP contribution >= 0.6 is 0 Å². The number of allylic oxidation sites excluding steroid dienone is 1. The molecule has 23 heavy (non-hydrogen) atoms. The minimum absolute atomic E-state index is 0.0710. The number of nitrogens with one attached hydrogen (secondary N) is 1. The van der Waals surface area contributed by atoms with E-state index in [1.165, 1.54) is 0 Å². The van der Waals surface area contributed by atoms with Crippen molar-refractivity contribution < 1.29 is 9.52 Å². The summed E-state index contributed by atoms with van der Waals surface area (Å²) in [5.41, 5.74) is 2.65. The number of aliphatic imine (C=N–C) groups is 1. The van der Waals surface area contributed by atoms with Crippen molar-refractivity contribution in [3.8, 4) is 5.75 Å². The Kier molecular flexibility index (Phi) is 3.16. The summed E-state index contributed by atoms with van der Waals surface area (Å²) >= 11 is 0. The third-order valence-electron chi connectivity index (χ3n) is 3.49. The summed E-state index contributed by atoms with van der Waals surface area (Å²) in [5, 5.41) is 13.2. The van der Waals surface area contributed by atoms with Gasteiger partial charge in [-0.05, 0) is 30.3 Å². The van der Waals surface area contributed by atoms with Gasteiger partial charge in [-0.2, -0.15) is 0 Å². The smallest absolute Gasteiger partial charge is 0.201 e. The number of para-hydroxylation sites is 1. The Morgan fingerprint density at radius 2 is 1.96 bits per heavy atom. The zero-order valence-corrected chi connectivity index (χ0v) is 12.1. The van der Waals surface area contributed by atoms with E-state index in [2.05, 4.69) is 15.3 Å². The van der Waals surface area contributed by atoms with Crippen LogP contribution in [-0.2, 0) is 0 Å². The number of aromatic nitrogens is 1. The first-order chi connectivity index (χ1) is 11.3. The van der Waals surface area contributed by atoms with E-state index in [0.717, 1.165) is 16.8 Å². The Morgan fingerprint density at radius 1 is 1.09 bits per heavy atom. The lowest BCUT2D eigenvalue weighted by Gasteiger charge is -2.01. The Labute approximate surface area is 132 Å². The molecule has 112 valence electrons. The third-order valence-corrected chi connectivity index (χ3v) is 3.49. The van der Waals surface area contributed by atoms with Crippen molar-refractivity contribution in [3.63, 3.8) is 0 Å².